The summed E-state index contributed by atoms with van der Waals surface area (Å²) < 4.78 is 18.8. The first-order valence-corrected chi connectivity index (χ1v) is 6.49. The summed E-state index contributed by atoms with van der Waals surface area (Å²) in [5.74, 6) is 0.464. The zero-order valence-corrected chi connectivity index (χ0v) is 10.9. The molecule has 0 radical (unpaired) electrons. The van der Waals surface area contributed by atoms with E-state index in [1.165, 1.54) is 25.7 Å². The lowest BCUT2D eigenvalue weighted by molar-refractivity contribution is 0.0864. The lowest BCUT2D eigenvalue weighted by Gasteiger charge is -2.25. The monoisotopic (exact) mass is 250 g/mol. The molecular formula is C15H19FO2. The van der Waals surface area contributed by atoms with Gasteiger partial charge in [0.05, 0.1) is 12.7 Å². The minimum Gasteiger partial charge on any atom is -0.497 e. The molecule has 3 heteroatoms. The molecule has 1 aliphatic carbocycles. The Balaban J connectivity index is 2.17. The molecule has 0 saturated heterocycles. The SMILES string of the molecule is COc1ccc(C(=O)C2CCCC(C)C2)c(F)c1. The van der Waals surface area contributed by atoms with Crippen LogP contribution in [-0.4, -0.2) is 12.9 Å². The van der Waals surface area contributed by atoms with E-state index in [-0.39, 0.29) is 17.3 Å². The van der Waals surface area contributed by atoms with Crippen LogP contribution in [0, 0.1) is 17.7 Å². The standard InChI is InChI=1S/C15H19FO2/c1-10-4-3-5-11(8-10)15(17)13-7-6-12(18-2)9-14(13)16/h6-7,9-11H,3-5,8H2,1-2H3. The fraction of sp³-hybridized carbons (Fsp3) is 0.533. The molecule has 1 fully saturated rings. The van der Waals surface area contributed by atoms with E-state index < -0.39 is 5.82 Å². The van der Waals surface area contributed by atoms with Gasteiger partial charge in [0.1, 0.15) is 11.6 Å². The second kappa shape index (κ2) is 5.51. The van der Waals surface area contributed by atoms with Crippen molar-refractivity contribution in [1.29, 1.82) is 0 Å². The van der Waals surface area contributed by atoms with Crippen LogP contribution in [0.25, 0.3) is 0 Å². The fourth-order valence-corrected chi connectivity index (χ4v) is 2.71. The Morgan fingerprint density at radius 1 is 1.39 bits per heavy atom. The van der Waals surface area contributed by atoms with Crippen LogP contribution < -0.4 is 4.74 Å². The van der Waals surface area contributed by atoms with Crippen LogP contribution in [-0.2, 0) is 0 Å². The minimum atomic E-state index is -0.474. The second-order valence-corrected chi connectivity index (χ2v) is 5.18. The van der Waals surface area contributed by atoms with Gasteiger partial charge in [-0.3, -0.25) is 4.79 Å². The Morgan fingerprint density at radius 3 is 2.78 bits per heavy atom. The van der Waals surface area contributed by atoms with E-state index in [1.54, 1.807) is 6.07 Å². The first kappa shape index (κ1) is 13.1. The van der Waals surface area contributed by atoms with Crippen LogP contribution >= 0.6 is 0 Å². The summed E-state index contributed by atoms with van der Waals surface area (Å²) in [5, 5.41) is 0. The van der Waals surface area contributed by atoms with Gasteiger partial charge in [-0.15, -0.1) is 0 Å². The number of rotatable bonds is 3. The van der Waals surface area contributed by atoms with Gasteiger partial charge in [-0.1, -0.05) is 19.8 Å². The molecule has 0 bridgehead atoms. The summed E-state index contributed by atoms with van der Waals surface area (Å²) in [6.45, 7) is 2.16. The van der Waals surface area contributed by atoms with E-state index in [0.29, 0.717) is 11.7 Å². The Morgan fingerprint density at radius 2 is 2.17 bits per heavy atom. The first-order chi connectivity index (χ1) is 8.61. The zero-order chi connectivity index (χ0) is 13.1. The maximum atomic E-state index is 13.8. The number of hydrogen-bond acceptors (Lipinski definition) is 2. The highest BCUT2D eigenvalue weighted by atomic mass is 19.1. The van der Waals surface area contributed by atoms with Crippen molar-refractivity contribution in [1.82, 2.24) is 0 Å². The van der Waals surface area contributed by atoms with Crippen molar-refractivity contribution in [3.8, 4) is 5.75 Å². The van der Waals surface area contributed by atoms with Gasteiger partial charge in [-0.2, -0.15) is 0 Å². The molecule has 0 spiro atoms. The van der Waals surface area contributed by atoms with E-state index in [0.717, 1.165) is 19.3 Å². The predicted octanol–water partition coefficient (Wildman–Crippen LogP) is 3.84. The molecule has 2 nitrogen and oxygen atoms in total. The zero-order valence-electron chi connectivity index (χ0n) is 10.9. The molecule has 0 aliphatic heterocycles. The smallest absolute Gasteiger partial charge is 0.168 e. The predicted molar refractivity (Wildman–Crippen MR) is 68.4 cm³/mol. The van der Waals surface area contributed by atoms with Gasteiger partial charge >= 0.3 is 0 Å². The van der Waals surface area contributed by atoms with Gasteiger partial charge in [-0.25, -0.2) is 4.39 Å². The number of Topliss-reactive ketones (excluding diaryl/α,β-unsaturated/α-hetero) is 1. The van der Waals surface area contributed by atoms with Crippen LogP contribution in [0.4, 0.5) is 4.39 Å². The van der Waals surface area contributed by atoms with E-state index in [2.05, 4.69) is 6.92 Å². The largest absolute Gasteiger partial charge is 0.497 e. The van der Waals surface area contributed by atoms with Crippen molar-refractivity contribution in [2.45, 2.75) is 32.6 Å². The van der Waals surface area contributed by atoms with Gasteiger partial charge in [0.25, 0.3) is 0 Å². The molecule has 2 rings (SSSR count). The highest BCUT2D eigenvalue weighted by molar-refractivity contribution is 5.98. The Labute approximate surface area is 107 Å². The van der Waals surface area contributed by atoms with Crippen LogP contribution in [0.3, 0.4) is 0 Å². The molecule has 0 aromatic heterocycles. The van der Waals surface area contributed by atoms with Crippen molar-refractivity contribution in [3.05, 3.63) is 29.6 Å². The number of ketones is 1. The number of methoxy groups -OCH3 is 1. The fourth-order valence-electron chi connectivity index (χ4n) is 2.71. The molecule has 0 amide bonds. The molecule has 1 aromatic rings. The minimum absolute atomic E-state index is 0.0170. The second-order valence-electron chi connectivity index (χ2n) is 5.18. The summed E-state index contributed by atoms with van der Waals surface area (Å²) in [6.07, 6.45) is 4.00. The van der Waals surface area contributed by atoms with E-state index in [4.69, 9.17) is 4.74 Å². The number of benzene rings is 1. The Hall–Kier alpha value is -1.38. The molecule has 18 heavy (non-hydrogen) atoms. The molecule has 1 aliphatic rings. The summed E-state index contributed by atoms with van der Waals surface area (Å²) in [7, 11) is 1.49. The van der Waals surface area contributed by atoms with Gasteiger partial charge in [-0.05, 0) is 30.9 Å². The third kappa shape index (κ3) is 2.71. The van der Waals surface area contributed by atoms with Gasteiger partial charge in [0.15, 0.2) is 5.78 Å². The van der Waals surface area contributed by atoms with E-state index >= 15 is 0 Å². The van der Waals surface area contributed by atoms with Crippen molar-refractivity contribution in [2.24, 2.45) is 11.8 Å². The summed E-state index contributed by atoms with van der Waals surface area (Å²) in [5.41, 5.74) is 0.204. The third-order valence-corrected chi connectivity index (χ3v) is 3.75. The number of hydrogen-bond donors (Lipinski definition) is 0. The maximum absolute atomic E-state index is 13.8. The molecular weight excluding hydrogens is 231 g/mol. The number of ether oxygens (including phenoxy) is 1. The quantitative estimate of drug-likeness (QED) is 0.762. The molecule has 2 atom stereocenters. The summed E-state index contributed by atoms with van der Waals surface area (Å²) in [6, 6.07) is 4.46. The van der Waals surface area contributed by atoms with Crippen LogP contribution in [0.1, 0.15) is 43.0 Å². The van der Waals surface area contributed by atoms with Crippen molar-refractivity contribution in [2.75, 3.05) is 7.11 Å². The van der Waals surface area contributed by atoms with E-state index in [9.17, 15) is 9.18 Å². The molecule has 1 saturated carbocycles. The van der Waals surface area contributed by atoms with Crippen LogP contribution in [0.2, 0.25) is 0 Å². The van der Waals surface area contributed by atoms with Crippen molar-refractivity contribution < 1.29 is 13.9 Å². The molecule has 0 heterocycles. The summed E-state index contributed by atoms with van der Waals surface area (Å²) in [4.78, 5) is 12.3. The number of carbonyl (C=O) groups is 1. The number of halogens is 1. The third-order valence-electron chi connectivity index (χ3n) is 3.75. The van der Waals surface area contributed by atoms with E-state index in [1.807, 2.05) is 0 Å². The Bertz CT molecular complexity index is 442. The lowest BCUT2D eigenvalue weighted by Crippen LogP contribution is -2.22. The molecule has 1 aromatic carbocycles. The number of carbonyl (C=O) groups excluding carboxylic acids is 1. The lowest BCUT2D eigenvalue weighted by atomic mass is 9.78. The van der Waals surface area contributed by atoms with Gasteiger partial charge < -0.3 is 4.74 Å². The summed E-state index contributed by atoms with van der Waals surface area (Å²) >= 11 is 0. The van der Waals surface area contributed by atoms with Crippen LogP contribution in [0.15, 0.2) is 18.2 Å². The molecule has 2 unspecified atom stereocenters. The topological polar surface area (TPSA) is 26.3 Å². The maximum Gasteiger partial charge on any atom is 0.168 e. The first-order valence-electron chi connectivity index (χ1n) is 6.49. The van der Waals surface area contributed by atoms with Gasteiger partial charge in [0, 0.05) is 12.0 Å². The average Bonchev–Trinajstić information content (AvgIpc) is 2.37. The normalized spacial score (nSPS) is 23.7. The van der Waals surface area contributed by atoms with Crippen LogP contribution in [0.5, 0.6) is 5.75 Å². The molecule has 0 N–H and O–H groups in total. The Kier molecular flexibility index (Phi) is 4.00. The van der Waals surface area contributed by atoms with Gasteiger partial charge in [0.2, 0.25) is 0 Å². The molecule has 98 valence electrons. The highest BCUT2D eigenvalue weighted by Gasteiger charge is 2.27. The average molecular weight is 250 g/mol. The van der Waals surface area contributed by atoms with Crippen molar-refractivity contribution >= 4 is 5.78 Å². The van der Waals surface area contributed by atoms with Crippen molar-refractivity contribution in [3.63, 3.8) is 0 Å². The highest BCUT2D eigenvalue weighted by Crippen LogP contribution is 2.32.